The molecule has 3 N–H and O–H groups in total. The first-order valence-corrected chi connectivity index (χ1v) is 8.17. The van der Waals surface area contributed by atoms with Crippen molar-refractivity contribution in [3.05, 3.63) is 28.8 Å². The number of hydrogen-bond acceptors (Lipinski definition) is 3. The number of aliphatic carboxylic acids is 1. The van der Waals surface area contributed by atoms with Crippen molar-refractivity contribution < 1.29 is 19.5 Å². The minimum Gasteiger partial charge on any atom is -0.481 e. The number of halogens is 1. The van der Waals surface area contributed by atoms with Crippen molar-refractivity contribution in [2.24, 2.45) is 5.92 Å². The fourth-order valence-corrected chi connectivity index (χ4v) is 2.75. The maximum Gasteiger partial charge on any atom is 0.321 e. The van der Waals surface area contributed by atoms with Crippen molar-refractivity contribution >= 4 is 35.2 Å². The fraction of sp³-hybridized carbons (Fsp3) is 0.438. The molecule has 2 rings (SSSR count). The second kappa shape index (κ2) is 8.01. The lowest BCUT2D eigenvalue weighted by molar-refractivity contribution is -0.141. The van der Waals surface area contributed by atoms with E-state index >= 15 is 0 Å². The zero-order chi connectivity index (χ0) is 17.7. The molecule has 0 aliphatic carbocycles. The summed E-state index contributed by atoms with van der Waals surface area (Å²) in [5.74, 6) is -2.03. The van der Waals surface area contributed by atoms with Crippen LogP contribution in [-0.4, -0.2) is 42.6 Å². The van der Waals surface area contributed by atoms with E-state index in [9.17, 15) is 14.4 Å². The summed E-state index contributed by atoms with van der Waals surface area (Å²) in [5, 5.41) is 14.7. The van der Waals surface area contributed by atoms with E-state index in [1.54, 1.807) is 12.1 Å². The lowest BCUT2D eigenvalue weighted by atomic mass is 10.0. The van der Waals surface area contributed by atoms with Gasteiger partial charge in [0.2, 0.25) is 0 Å². The first kappa shape index (κ1) is 18.1. The molecule has 0 spiro atoms. The van der Waals surface area contributed by atoms with Gasteiger partial charge in [0.1, 0.15) is 0 Å². The molecule has 1 atom stereocenters. The van der Waals surface area contributed by atoms with Gasteiger partial charge in [0, 0.05) is 25.3 Å². The number of anilines is 1. The Morgan fingerprint density at radius 2 is 2.21 bits per heavy atom. The Kier molecular flexibility index (Phi) is 6.03. The molecule has 24 heavy (non-hydrogen) atoms. The van der Waals surface area contributed by atoms with Crippen molar-refractivity contribution in [1.29, 1.82) is 0 Å². The molecule has 1 saturated heterocycles. The van der Waals surface area contributed by atoms with E-state index in [2.05, 4.69) is 10.6 Å². The maximum atomic E-state index is 12.3. The van der Waals surface area contributed by atoms with E-state index in [0.29, 0.717) is 31.6 Å². The number of hydrogen-bond donors (Lipinski definition) is 3. The molecule has 8 heteroatoms. The number of carbonyl (C=O) groups is 3. The Labute approximate surface area is 145 Å². The summed E-state index contributed by atoms with van der Waals surface area (Å²) in [6.45, 7) is 2.98. The third-order valence-corrected chi connectivity index (χ3v) is 4.19. The first-order chi connectivity index (χ1) is 11.4. The minimum absolute atomic E-state index is 0.0345. The number of carboxylic acids is 1. The monoisotopic (exact) mass is 353 g/mol. The lowest BCUT2D eigenvalue weighted by Crippen LogP contribution is -2.33. The van der Waals surface area contributed by atoms with Crippen LogP contribution in [-0.2, 0) is 4.79 Å². The molecule has 1 aliphatic heterocycles. The van der Waals surface area contributed by atoms with Gasteiger partial charge in [-0.25, -0.2) is 4.79 Å². The van der Waals surface area contributed by atoms with Gasteiger partial charge in [0.25, 0.3) is 5.91 Å². The quantitative estimate of drug-likeness (QED) is 0.699. The van der Waals surface area contributed by atoms with Crippen LogP contribution in [0, 0.1) is 5.92 Å². The number of carbonyl (C=O) groups excluding carboxylic acids is 2. The molecule has 1 heterocycles. The van der Waals surface area contributed by atoms with Crippen LogP contribution in [0.1, 0.15) is 30.1 Å². The van der Waals surface area contributed by atoms with Crippen molar-refractivity contribution in [2.75, 3.05) is 24.5 Å². The Morgan fingerprint density at radius 1 is 1.46 bits per heavy atom. The molecular formula is C16H20ClN3O4. The van der Waals surface area contributed by atoms with Gasteiger partial charge < -0.3 is 15.7 Å². The SMILES string of the molecule is CCCC(CNC(=O)c1cc(N2CCNC2=O)ccc1Cl)C(=O)O. The molecule has 7 nitrogen and oxygen atoms in total. The molecule has 0 aromatic heterocycles. The minimum atomic E-state index is -0.939. The normalized spacial score (nSPS) is 15.1. The van der Waals surface area contributed by atoms with Crippen molar-refractivity contribution in [3.63, 3.8) is 0 Å². The highest BCUT2D eigenvalue weighted by Gasteiger charge is 2.23. The predicted octanol–water partition coefficient (Wildman–Crippen LogP) is 2.10. The van der Waals surface area contributed by atoms with Crippen LogP contribution >= 0.6 is 11.6 Å². The smallest absolute Gasteiger partial charge is 0.321 e. The summed E-state index contributed by atoms with van der Waals surface area (Å²) in [6, 6.07) is 4.54. The first-order valence-electron chi connectivity index (χ1n) is 7.80. The van der Waals surface area contributed by atoms with Gasteiger partial charge in [0.15, 0.2) is 0 Å². The number of amides is 3. The largest absolute Gasteiger partial charge is 0.481 e. The molecular weight excluding hydrogens is 334 g/mol. The molecule has 0 bridgehead atoms. The zero-order valence-corrected chi connectivity index (χ0v) is 14.1. The predicted molar refractivity (Wildman–Crippen MR) is 90.6 cm³/mol. The second-order valence-corrected chi connectivity index (χ2v) is 5.99. The van der Waals surface area contributed by atoms with Crippen LogP contribution < -0.4 is 15.5 Å². The molecule has 1 aliphatic rings. The molecule has 1 aromatic carbocycles. The Balaban J connectivity index is 2.11. The summed E-state index contributed by atoms with van der Waals surface area (Å²) < 4.78 is 0. The second-order valence-electron chi connectivity index (χ2n) is 5.58. The van der Waals surface area contributed by atoms with Crippen molar-refractivity contribution in [2.45, 2.75) is 19.8 Å². The van der Waals surface area contributed by atoms with Gasteiger partial charge >= 0.3 is 12.0 Å². The summed E-state index contributed by atoms with van der Waals surface area (Å²) >= 11 is 6.08. The lowest BCUT2D eigenvalue weighted by Gasteiger charge is -2.17. The van der Waals surface area contributed by atoms with Crippen LogP contribution in [0.2, 0.25) is 5.02 Å². The highest BCUT2D eigenvalue weighted by molar-refractivity contribution is 6.34. The number of urea groups is 1. The molecule has 1 unspecified atom stereocenters. The summed E-state index contributed by atoms with van der Waals surface area (Å²) in [7, 11) is 0. The number of carboxylic acid groups (broad SMARTS) is 1. The summed E-state index contributed by atoms with van der Waals surface area (Å²) in [5.41, 5.74) is 0.789. The third kappa shape index (κ3) is 4.17. The van der Waals surface area contributed by atoms with Gasteiger partial charge in [-0.15, -0.1) is 0 Å². The van der Waals surface area contributed by atoms with Crippen LogP contribution in [0.5, 0.6) is 0 Å². The number of benzene rings is 1. The topological polar surface area (TPSA) is 98.7 Å². The van der Waals surface area contributed by atoms with Gasteiger partial charge in [-0.05, 0) is 24.6 Å². The average molecular weight is 354 g/mol. The van der Waals surface area contributed by atoms with Crippen LogP contribution in [0.4, 0.5) is 10.5 Å². The maximum absolute atomic E-state index is 12.3. The fourth-order valence-electron chi connectivity index (χ4n) is 2.55. The highest BCUT2D eigenvalue weighted by Crippen LogP contribution is 2.24. The van der Waals surface area contributed by atoms with E-state index in [0.717, 1.165) is 0 Å². The van der Waals surface area contributed by atoms with Crippen LogP contribution in [0.25, 0.3) is 0 Å². The Hall–Kier alpha value is -2.28. The van der Waals surface area contributed by atoms with Crippen molar-refractivity contribution in [3.8, 4) is 0 Å². The van der Waals surface area contributed by atoms with Crippen LogP contribution in [0.15, 0.2) is 18.2 Å². The van der Waals surface area contributed by atoms with E-state index in [-0.39, 0.29) is 23.2 Å². The zero-order valence-electron chi connectivity index (χ0n) is 13.3. The third-order valence-electron chi connectivity index (χ3n) is 3.86. The van der Waals surface area contributed by atoms with Gasteiger partial charge in [0.05, 0.1) is 16.5 Å². The molecule has 3 amide bonds. The van der Waals surface area contributed by atoms with Gasteiger partial charge in [-0.2, -0.15) is 0 Å². The van der Waals surface area contributed by atoms with Crippen molar-refractivity contribution in [1.82, 2.24) is 10.6 Å². The molecule has 1 aromatic rings. The summed E-state index contributed by atoms with van der Waals surface area (Å²) in [6.07, 6.45) is 1.20. The average Bonchev–Trinajstić information content (AvgIpc) is 2.97. The Bertz CT molecular complexity index is 650. The highest BCUT2D eigenvalue weighted by atomic mass is 35.5. The molecule has 130 valence electrons. The van der Waals surface area contributed by atoms with E-state index < -0.39 is 17.8 Å². The van der Waals surface area contributed by atoms with E-state index in [1.807, 2.05) is 6.92 Å². The van der Waals surface area contributed by atoms with E-state index in [1.165, 1.54) is 11.0 Å². The van der Waals surface area contributed by atoms with Gasteiger partial charge in [-0.3, -0.25) is 14.5 Å². The number of nitrogens with zero attached hydrogens (tertiary/aromatic N) is 1. The molecule has 0 saturated carbocycles. The van der Waals surface area contributed by atoms with Gasteiger partial charge in [-0.1, -0.05) is 24.9 Å². The molecule has 1 fully saturated rings. The van der Waals surface area contributed by atoms with E-state index in [4.69, 9.17) is 16.7 Å². The Morgan fingerprint density at radius 3 is 2.79 bits per heavy atom. The molecule has 0 radical (unpaired) electrons. The number of nitrogens with one attached hydrogen (secondary N) is 2. The standard InChI is InChI=1S/C16H20ClN3O4/c1-2-3-10(15(22)23)9-19-14(21)12-8-11(4-5-13(12)17)20-7-6-18-16(20)24/h4-5,8,10H,2-3,6-7,9H2,1H3,(H,18,24)(H,19,21)(H,22,23). The summed E-state index contributed by atoms with van der Waals surface area (Å²) in [4.78, 5) is 36.7. The number of rotatable bonds is 7. The van der Waals surface area contributed by atoms with Crippen LogP contribution in [0.3, 0.4) is 0 Å².